The zero-order valence-electron chi connectivity index (χ0n) is 8.43. The van der Waals surface area contributed by atoms with Crippen LogP contribution >= 0.6 is 0 Å². The van der Waals surface area contributed by atoms with Crippen molar-refractivity contribution in [2.24, 2.45) is 0 Å². The highest BCUT2D eigenvalue weighted by Crippen LogP contribution is 2.36. The van der Waals surface area contributed by atoms with Crippen LogP contribution in [0.4, 0.5) is 18.9 Å². The molecule has 1 rings (SSSR count). The molecular weight excluding hydrogens is 223 g/mol. The van der Waals surface area contributed by atoms with E-state index in [0.717, 1.165) is 6.07 Å². The van der Waals surface area contributed by atoms with Gasteiger partial charge in [-0.15, -0.1) is 0 Å². The summed E-state index contributed by atoms with van der Waals surface area (Å²) in [7, 11) is 0. The van der Waals surface area contributed by atoms with Crippen LogP contribution in [0.25, 0.3) is 0 Å². The predicted octanol–water partition coefficient (Wildman–Crippen LogP) is 2.22. The van der Waals surface area contributed by atoms with Crippen LogP contribution in [-0.2, 0) is 17.4 Å². The first-order valence-electron chi connectivity index (χ1n) is 4.40. The molecule has 0 saturated heterocycles. The Kier molecular flexibility index (Phi) is 3.11. The van der Waals surface area contributed by atoms with Crippen molar-refractivity contribution in [2.75, 3.05) is 5.73 Å². The summed E-state index contributed by atoms with van der Waals surface area (Å²) in [5.74, 6) is -1.31. The number of nitrogens with two attached hydrogens (primary N) is 1. The molecule has 0 unspecified atom stereocenters. The van der Waals surface area contributed by atoms with E-state index >= 15 is 0 Å². The molecule has 0 heterocycles. The van der Waals surface area contributed by atoms with Gasteiger partial charge in [0.15, 0.2) is 0 Å². The summed E-state index contributed by atoms with van der Waals surface area (Å²) in [6, 6.07) is 2.38. The number of hydrogen-bond donors (Lipinski definition) is 2. The molecule has 88 valence electrons. The summed E-state index contributed by atoms with van der Waals surface area (Å²) >= 11 is 0. The van der Waals surface area contributed by atoms with Crippen molar-refractivity contribution in [3.05, 3.63) is 28.8 Å². The van der Waals surface area contributed by atoms with Crippen LogP contribution < -0.4 is 5.73 Å². The van der Waals surface area contributed by atoms with Gasteiger partial charge in [-0.05, 0) is 24.1 Å². The van der Waals surface area contributed by atoms with Crippen molar-refractivity contribution in [3.63, 3.8) is 0 Å². The van der Waals surface area contributed by atoms with Gasteiger partial charge in [-0.2, -0.15) is 13.2 Å². The number of halogens is 3. The van der Waals surface area contributed by atoms with Gasteiger partial charge in [0.2, 0.25) is 0 Å². The lowest BCUT2D eigenvalue weighted by Crippen LogP contribution is -2.15. The molecule has 0 fully saturated rings. The SMILES string of the molecule is Cc1c(N)ccc(CC(=O)O)c1C(F)(F)F. The molecule has 0 aliphatic rings. The molecule has 0 aliphatic carbocycles. The number of nitrogen functional groups attached to an aromatic ring is 1. The van der Waals surface area contributed by atoms with Crippen molar-refractivity contribution < 1.29 is 23.1 Å². The van der Waals surface area contributed by atoms with E-state index in [1.807, 2.05) is 0 Å². The minimum atomic E-state index is -4.59. The highest BCUT2D eigenvalue weighted by Gasteiger charge is 2.36. The molecule has 1 aromatic rings. The van der Waals surface area contributed by atoms with Gasteiger partial charge in [0.25, 0.3) is 0 Å². The van der Waals surface area contributed by atoms with Crippen LogP contribution in [0.1, 0.15) is 16.7 Å². The van der Waals surface area contributed by atoms with Crippen LogP contribution in [0.3, 0.4) is 0 Å². The van der Waals surface area contributed by atoms with E-state index < -0.39 is 24.1 Å². The number of benzene rings is 1. The largest absolute Gasteiger partial charge is 0.481 e. The fourth-order valence-corrected chi connectivity index (χ4v) is 1.49. The second-order valence-corrected chi connectivity index (χ2v) is 3.38. The molecule has 0 atom stereocenters. The summed E-state index contributed by atoms with van der Waals surface area (Å²) in [4.78, 5) is 10.4. The van der Waals surface area contributed by atoms with Gasteiger partial charge in [0.1, 0.15) is 0 Å². The van der Waals surface area contributed by atoms with Gasteiger partial charge in [-0.25, -0.2) is 0 Å². The lowest BCUT2D eigenvalue weighted by molar-refractivity contribution is -0.140. The van der Waals surface area contributed by atoms with Crippen molar-refractivity contribution in [3.8, 4) is 0 Å². The number of carbonyl (C=O) groups is 1. The monoisotopic (exact) mass is 233 g/mol. The van der Waals surface area contributed by atoms with E-state index in [0.29, 0.717) is 0 Å². The van der Waals surface area contributed by atoms with Crippen molar-refractivity contribution in [2.45, 2.75) is 19.5 Å². The molecule has 0 aromatic heterocycles. The van der Waals surface area contributed by atoms with Gasteiger partial charge < -0.3 is 10.8 Å². The number of carboxylic acids is 1. The standard InChI is InChI=1S/C10H10F3NO2/c1-5-7(14)3-2-6(4-8(15)16)9(5)10(11,12)13/h2-3H,4,14H2,1H3,(H,15,16). The normalized spacial score (nSPS) is 11.5. The van der Waals surface area contributed by atoms with Crippen LogP contribution in [-0.4, -0.2) is 11.1 Å². The molecule has 3 nitrogen and oxygen atoms in total. The zero-order chi connectivity index (χ0) is 12.5. The maximum Gasteiger partial charge on any atom is 0.417 e. The van der Waals surface area contributed by atoms with Crippen molar-refractivity contribution in [1.29, 1.82) is 0 Å². The average Bonchev–Trinajstić information content (AvgIpc) is 2.08. The molecular formula is C10H10F3NO2. The number of hydrogen-bond acceptors (Lipinski definition) is 2. The molecule has 0 saturated carbocycles. The van der Waals surface area contributed by atoms with Crippen molar-refractivity contribution >= 4 is 11.7 Å². The maximum atomic E-state index is 12.7. The smallest absolute Gasteiger partial charge is 0.417 e. The van der Waals surface area contributed by atoms with Gasteiger partial charge >= 0.3 is 12.1 Å². The van der Waals surface area contributed by atoms with Crippen LogP contribution in [0.15, 0.2) is 12.1 Å². The molecule has 0 spiro atoms. The fourth-order valence-electron chi connectivity index (χ4n) is 1.49. The Morgan fingerprint density at radius 3 is 2.44 bits per heavy atom. The van der Waals surface area contributed by atoms with Crippen molar-refractivity contribution in [1.82, 2.24) is 0 Å². The van der Waals surface area contributed by atoms with E-state index in [1.165, 1.54) is 13.0 Å². The summed E-state index contributed by atoms with van der Waals surface area (Å²) in [5, 5.41) is 8.52. The predicted molar refractivity (Wildman–Crippen MR) is 51.9 cm³/mol. The second kappa shape index (κ2) is 4.03. The Balaban J connectivity index is 3.39. The molecule has 1 aromatic carbocycles. The molecule has 0 amide bonds. The average molecular weight is 233 g/mol. The molecule has 3 N–H and O–H groups in total. The summed E-state index contributed by atoms with van der Waals surface area (Å²) in [6.45, 7) is 1.23. The topological polar surface area (TPSA) is 63.3 Å². The summed E-state index contributed by atoms with van der Waals surface area (Å²) in [5.41, 5.74) is 4.02. The van der Waals surface area contributed by atoms with Gasteiger partial charge in [-0.3, -0.25) is 4.79 Å². The highest BCUT2D eigenvalue weighted by molar-refractivity contribution is 5.72. The van der Waals surface area contributed by atoms with Crippen LogP contribution in [0.5, 0.6) is 0 Å². The molecule has 0 aliphatic heterocycles. The zero-order valence-corrected chi connectivity index (χ0v) is 8.43. The van der Waals surface area contributed by atoms with E-state index in [4.69, 9.17) is 10.8 Å². The Morgan fingerprint density at radius 1 is 1.44 bits per heavy atom. The number of carboxylic acid groups (broad SMARTS) is 1. The van der Waals surface area contributed by atoms with E-state index in [-0.39, 0.29) is 16.8 Å². The fraction of sp³-hybridized carbons (Fsp3) is 0.300. The Hall–Kier alpha value is -1.72. The first-order chi connectivity index (χ1) is 7.23. The van der Waals surface area contributed by atoms with E-state index in [9.17, 15) is 18.0 Å². The maximum absolute atomic E-state index is 12.7. The molecule has 0 bridgehead atoms. The number of rotatable bonds is 2. The van der Waals surface area contributed by atoms with Gasteiger partial charge in [-0.1, -0.05) is 6.07 Å². The number of alkyl halides is 3. The third-order valence-corrected chi connectivity index (χ3v) is 2.22. The third kappa shape index (κ3) is 2.44. The Labute approximate surface area is 89.7 Å². The van der Waals surface area contributed by atoms with Crippen LogP contribution in [0, 0.1) is 6.92 Å². The molecule has 16 heavy (non-hydrogen) atoms. The Bertz CT molecular complexity index is 427. The van der Waals surface area contributed by atoms with E-state index in [1.54, 1.807) is 0 Å². The molecule has 6 heteroatoms. The third-order valence-electron chi connectivity index (χ3n) is 2.22. The first kappa shape index (κ1) is 12.4. The quantitative estimate of drug-likeness (QED) is 0.770. The lowest BCUT2D eigenvalue weighted by Gasteiger charge is -2.16. The van der Waals surface area contributed by atoms with Gasteiger partial charge in [0.05, 0.1) is 12.0 Å². The second-order valence-electron chi connectivity index (χ2n) is 3.38. The molecule has 0 radical (unpaired) electrons. The minimum absolute atomic E-state index is 0.00136. The number of anilines is 1. The van der Waals surface area contributed by atoms with Crippen LogP contribution in [0.2, 0.25) is 0 Å². The summed E-state index contributed by atoms with van der Waals surface area (Å²) in [6.07, 6.45) is -5.26. The summed E-state index contributed by atoms with van der Waals surface area (Å²) < 4.78 is 38.1. The Morgan fingerprint density at radius 2 is 2.00 bits per heavy atom. The number of aliphatic carboxylic acids is 1. The highest BCUT2D eigenvalue weighted by atomic mass is 19.4. The first-order valence-corrected chi connectivity index (χ1v) is 4.40. The lowest BCUT2D eigenvalue weighted by atomic mass is 9.97. The van der Waals surface area contributed by atoms with Gasteiger partial charge in [0, 0.05) is 5.69 Å². The minimum Gasteiger partial charge on any atom is -0.481 e. The van der Waals surface area contributed by atoms with E-state index in [2.05, 4.69) is 0 Å².